The fourth-order valence-corrected chi connectivity index (χ4v) is 2.60. The Balaban J connectivity index is 0.000000342. The van der Waals surface area contributed by atoms with Crippen molar-refractivity contribution in [2.24, 2.45) is 0 Å². The third-order valence-corrected chi connectivity index (χ3v) is 3.85. The van der Waals surface area contributed by atoms with Crippen LogP contribution in [0.4, 0.5) is 0 Å². The van der Waals surface area contributed by atoms with Gasteiger partial charge in [0, 0.05) is 31.7 Å². The first-order valence-corrected chi connectivity index (χ1v) is 7.95. The minimum atomic E-state index is -1.32. The van der Waals surface area contributed by atoms with E-state index in [0.717, 1.165) is 26.2 Å². The van der Waals surface area contributed by atoms with E-state index in [1.165, 1.54) is 26.0 Å². The molecule has 1 saturated heterocycles. The second-order valence-corrected chi connectivity index (χ2v) is 5.61. The Kier molecular flexibility index (Phi) is 6.31. The zero-order valence-electron chi connectivity index (χ0n) is 14.4. The molecule has 1 fully saturated rings. The van der Waals surface area contributed by atoms with Gasteiger partial charge in [0.15, 0.2) is 11.5 Å². The number of benzene rings is 1. The SMILES string of the molecule is C1CNCCN1.Cc1oc(=O)oc1-c1ccc(C(=O)O)c(C)c1C(=O)O. The molecule has 0 saturated carbocycles. The lowest BCUT2D eigenvalue weighted by Crippen LogP contribution is -2.39. The van der Waals surface area contributed by atoms with Gasteiger partial charge in [-0.25, -0.2) is 14.4 Å². The Hall–Kier alpha value is -2.91. The summed E-state index contributed by atoms with van der Waals surface area (Å²) in [5, 5.41) is 24.7. The van der Waals surface area contributed by atoms with Crippen LogP contribution < -0.4 is 16.5 Å². The zero-order chi connectivity index (χ0) is 19.3. The van der Waals surface area contributed by atoms with Crippen LogP contribution in [0.15, 0.2) is 25.8 Å². The normalized spacial score (nSPS) is 13.6. The molecule has 3 rings (SSSR count). The van der Waals surface area contributed by atoms with Crippen molar-refractivity contribution in [3.8, 4) is 11.3 Å². The summed E-state index contributed by atoms with van der Waals surface area (Å²) in [5.41, 5.74) is -0.193. The van der Waals surface area contributed by atoms with Gasteiger partial charge in [-0.3, -0.25) is 0 Å². The van der Waals surface area contributed by atoms with E-state index in [-0.39, 0.29) is 33.8 Å². The average Bonchev–Trinajstić information content (AvgIpc) is 2.94. The smallest absolute Gasteiger partial charge is 0.478 e. The Morgan fingerprint density at radius 1 is 0.962 bits per heavy atom. The summed E-state index contributed by atoms with van der Waals surface area (Å²) in [6.07, 6.45) is 0. The Morgan fingerprint density at radius 2 is 1.54 bits per heavy atom. The van der Waals surface area contributed by atoms with Crippen LogP contribution in [0.25, 0.3) is 11.3 Å². The molecule has 9 heteroatoms. The summed E-state index contributed by atoms with van der Waals surface area (Å²) in [5.74, 6) is -3.40. The number of nitrogens with one attached hydrogen (secondary N) is 2. The van der Waals surface area contributed by atoms with E-state index in [2.05, 4.69) is 15.1 Å². The number of piperazine rings is 1. The first-order valence-electron chi connectivity index (χ1n) is 7.95. The monoisotopic (exact) mass is 364 g/mol. The first-order chi connectivity index (χ1) is 12.3. The predicted molar refractivity (Wildman–Crippen MR) is 91.8 cm³/mol. The van der Waals surface area contributed by atoms with Gasteiger partial charge < -0.3 is 29.7 Å². The number of carbonyl (C=O) groups is 2. The Bertz CT molecular complexity index is 851. The molecule has 1 aliphatic heterocycles. The predicted octanol–water partition coefficient (Wildman–Crippen LogP) is 1.09. The molecular weight excluding hydrogens is 344 g/mol. The van der Waals surface area contributed by atoms with Crippen molar-refractivity contribution in [3.63, 3.8) is 0 Å². The molecule has 1 aliphatic rings. The Morgan fingerprint density at radius 3 is 1.92 bits per heavy atom. The number of carboxylic acids is 2. The summed E-state index contributed by atoms with van der Waals surface area (Å²) in [7, 11) is 0. The molecule has 2 heterocycles. The maximum absolute atomic E-state index is 11.4. The molecule has 2 aromatic rings. The van der Waals surface area contributed by atoms with Crippen LogP contribution in [0, 0.1) is 13.8 Å². The maximum atomic E-state index is 11.4. The topological polar surface area (TPSA) is 142 Å². The quantitative estimate of drug-likeness (QED) is 0.629. The highest BCUT2D eigenvalue weighted by Gasteiger charge is 2.24. The van der Waals surface area contributed by atoms with E-state index in [9.17, 15) is 19.5 Å². The van der Waals surface area contributed by atoms with Gasteiger partial charge in [-0.15, -0.1) is 0 Å². The van der Waals surface area contributed by atoms with E-state index in [1.807, 2.05) is 0 Å². The van der Waals surface area contributed by atoms with Crippen molar-refractivity contribution in [1.82, 2.24) is 10.6 Å². The molecule has 0 aliphatic carbocycles. The summed E-state index contributed by atoms with van der Waals surface area (Å²) in [6.45, 7) is 7.39. The number of hydrogen-bond acceptors (Lipinski definition) is 7. The lowest BCUT2D eigenvalue weighted by Gasteiger charge is -2.11. The van der Waals surface area contributed by atoms with Crippen molar-refractivity contribution < 1.29 is 28.6 Å². The molecule has 4 N–H and O–H groups in total. The number of hydrogen-bond donors (Lipinski definition) is 4. The van der Waals surface area contributed by atoms with Crippen LogP contribution in [-0.4, -0.2) is 48.3 Å². The van der Waals surface area contributed by atoms with Crippen LogP contribution in [0.5, 0.6) is 0 Å². The van der Waals surface area contributed by atoms with Crippen molar-refractivity contribution in [3.05, 3.63) is 45.2 Å². The molecule has 1 aromatic heterocycles. The van der Waals surface area contributed by atoms with Gasteiger partial charge in [0.05, 0.1) is 11.1 Å². The summed E-state index contributed by atoms with van der Waals surface area (Å²) in [4.78, 5) is 33.4. The lowest BCUT2D eigenvalue weighted by atomic mass is 9.95. The van der Waals surface area contributed by atoms with Crippen LogP contribution in [-0.2, 0) is 0 Å². The minimum absolute atomic E-state index is 0.0209. The van der Waals surface area contributed by atoms with Gasteiger partial charge in [0.1, 0.15) is 0 Å². The van der Waals surface area contributed by atoms with Crippen molar-refractivity contribution >= 4 is 11.9 Å². The van der Waals surface area contributed by atoms with E-state index in [1.54, 1.807) is 0 Å². The summed E-state index contributed by atoms with van der Waals surface area (Å²) >= 11 is 0. The maximum Gasteiger partial charge on any atom is 0.519 e. The number of carboxylic acid groups (broad SMARTS) is 2. The number of aromatic carboxylic acids is 2. The van der Waals surface area contributed by atoms with Crippen LogP contribution in [0.2, 0.25) is 0 Å². The molecule has 0 unspecified atom stereocenters. The van der Waals surface area contributed by atoms with Crippen molar-refractivity contribution in [2.45, 2.75) is 13.8 Å². The molecular formula is C17H20N2O7. The minimum Gasteiger partial charge on any atom is -0.478 e. The third kappa shape index (κ3) is 4.38. The molecule has 140 valence electrons. The van der Waals surface area contributed by atoms with Crippen LogP contribution in [0.1, 0.15) is 32.0 Å². The van der Waals surface area contributed by atoms with E-state index >= 15 is 0 Å². The van der Waals surface area contributed by atoms with Gasteiger partial charge in [-0.05, 0) is 31.5 Å². The van der Waals surface area contributed by atoms with Crippen molar-refractivity contribution in [2.75, 3.05) is 26.2 Å². The Labute approximate surface area is 148 Å². The highest BCUT2D eigenvalue weighted by Crippen LogP contribution is 2.30. The van der Waals surface area contributed by atoms with Gasteiger partial charge in [0.2, 0.25) is 0 Å². The molecule has 0 atom stereocenters. The fourth-order valence-electron chi connectivity index (χ4n) is 2.60. The largest absolute Gasteiger partial charge is 0.519 e. The van der Waals surface area contributed by atoms with Gasteiger partial charge >= 0.3 is 17.8 Å². The standard InChI is InChI=1S/C13H10O7.C4H10N2/c1-5-7(11(14)15)3-4-8(9(5)12(16)17)10-6(2)19-13(18)20-10;1-2-6-4-3-5-1/h3-4H,1-2H3,(H,14,15)(H,16,17);5-6H,1-4H2. The average molecular weight is 364 g/mol. The molecule has 0 spiro atoms. The second-order valence-electron chi connectivity index (χ2n) is 5.61. The third-order valence-electron chi connectivity index (χ3n) is 3.85. The number of rotatable bonds is 3. The van der Waals surface area contributed by atoms with Crippen LogP contribution in [0.3, 0.4) is 0 Å². The number of aryl methyl sites for hydroxylation is 1. The molecule has 9 nitrogen and oxygen atoms in total. The molecule has 0 bridgehead atoms. The van der Waals surface area contributed by atoms with Gasteiger partial charge in [0.25, 0.3) is 0 Å². The first kappa shape index (κ1) is 19.4. The van der Waals surface area contributed by atoms with E-state index in [4.69, 9.17) is 9.52 Å². The zero-order valence-corrected chi connectivity index (χ0v) is 14.4. The highest BCUT2D eigenvalue weighted by molar-refractivity contribution is 6.01. The van der Waals surface area contributed by atoms with E-state index in [0.29, 0.717) is 0 Å². The highest BCUT2D eigenvalue weighted by atomic mass is 16.6. The molecule has 1 aromatic carbocycles. The molecule has 0 amide bonds. The van der Waals surface area contributed by atoms with Crippen LogP contribution >= 0.6 is 0 Å². The summed E-state index contributed by atoms with van der Waals surface area (Å²) in [6, 6.07) is 2.53. The fraction of sp³-hybridized carbons (Fsp3) is 0.353. The van der Waals surface area contributed by atoms with Crippen molar-refractivity contribution in [1.29, 1.82) is 0 Å². The second kappa shape index (κ2) is 8.45. The lowest BCUT2D eigenvalue weighted by molar-refractivity contribution is 0.0696. The van der Waals surface area contributed by atoms with Gasteiger partial charge in [-0.1, -0.05) is 0 Å². The molecule has 0 radical (unpaired) electrons. The van der Waals surface area contributed by atoms with E-state index < -0.39 is 17.8 Å². The van der Waals surface area contributed by atoms with Gasteiger partial charge in [-0.2, -0.15) is 0 Å². The summed E-state index contributed by atoms with van der Waals surface area (Å²) < 4.78 is 9.50. The molecule has 26 heavy (non-hydrogen) atoms.